The monoisotopic (exact) mass is 1330 g/mol. The Morgan fingerprint density at radius 1 is 0.469 bits per heavy atom. The number of hydrogen-bond donors (Lipinski definition) is 8. The molecule has 0 radical (unpaired) electrons. The fourth-order valence-corrected chi connectivity index (χ4v) is 13.8. The molecule has 0 spiro atoms. The SMILES string of the molecule is CCCC(NC(=O)C1[C@H]2CCC[C@H]2CN1C(=O)C(NC(=O)[C@H](NC(=O)c1cnccn1)C(C)C)C(C)C)C(=O)C(=O)NC1CCC1.CCCC(NC(=O)C1[C@H]2CCC[C@H]2CN1C(=O)C(NC(=O)[C@H](NC(=O)c1cnccn1)C(C)C)C(C)C)C(=O)C(=O)N[C@H](C)c1ccccc1. The molecule has 6 unspecified atom stereocenters. The summed E-state index contributed by atoms with van der Waals surface area (Å²) in [7, 11) is 0. The number of Topliss-reactive ketones (excluding diaryl/α,β-unsaturated/α-hetero) is 2. The van der Waals surface area contributed by atoms with Crippen LogP contribution in [-0.2, 0) is 47.9 Å². The predicted octanol–water partition coefficient (Wildman–Crippen LogP) is 4.25. The quantitative estimate of drug-likeness (QED) is 0.0450. The average molecular weight is 1330 g/mol. The summed E-state index contributed by atoms with van der Waals surface area (Å²) in [6.45, 7) is 20.6. The van der Waals surface area contributed by atoms with Gasteiger partial charge in [0.2, 0.25) is 47.0 Å². The number of aromatic nitrogens is 4. The summed E-state index contributed by atoms with van der Waals surface area (Å²) in [5.41, 5.74) is 0.967. The summed E-state index contributed by atoms with van der Waals surface area (Å²) < 4.78 is 0. The lowest BCUT2D eigenvalue weighted by Gasteiger charge is -2.34. The van der Waals surface area contributed by atoms with E-state index in [-0.39, 0.29) is 77.1 Å². The minimum Gasteiger partial charge on any atom is -0.347 e. The van der Waals surface area contributed by atoms with Gasteiger partial charge in [0.25, 0.3) is 23.6 Å². The zero-order valence-electron chi connectivity index (χ0n) is 57.4. The Morgan fingerprint density at radius 2 is 0.875 bits per heavy atom. The van der Waals surface area contributed by atoms with Crippen molar-refractivity contribution in [3.05, 3.63) is 84.5 Å². The molecule has 522 valence electrons. The van der Waals surface area contributed by atoms with Crippen molar-refractivity contribution < 1.29 is 57.5 Å². The van der Waals surface area contributed by atoms with Crippen LogP contribution in [0.4, 0.5) is 0 Å². The minimum atomic E-state index is -1.06. The Bertz CT molecular complexity index is 3220. The Morgan fingerprint density at radius 3 is 1.24 bits per heavy atom. The summed E-state index contributed by atoms with van der Waals surface area (Å²) >= 11 is 0. The van der Waals surface area contributed by atoms with E-state index < -0.39 is 119 Å². The third kappa shape index (κ3) is 18.9. The molecule has 5 aliphatic rings. The van der Waals surface area contributed by atoms with Gasteiger partial charge in [-0.25, -0.2) is 9.97 Å². The van der Waals surface area contributed by atoms with Crippen LogP contribution in [-0.4, -0.2) is 168 Å². The Balaban J connectivity index is 0.000000272. The second-order valence-corrected chi connectivity index (χ2v) is 27.7. The van der Waals surface area contributed by atoms with Crippen LogP contribution in [0.2, 0.25) is 0 Å². The zero-order valence-corrected chi connectivity index (χ0v) is 57.4. The molecule has 0 bridgehead atoms. The highest BCUT2D eigenvalue weighted by atomic mass is 16.2. The number of ketones is 2. The first kappa shape index (κ1) is 74.8. The second-order valence-electron chi connectivity index (χ2n) is 27.7. The maximum Gasteiger partial charge on any atom is 0.290 e. The molecule has 8 N–H and O–H groups in total. The Hall–Kier alpha value is -8.58. The Kier molecular flexibility index (Phi) is 27.2. The lowest BCUT2D eigenvalue weighted by molar-refractivity contribution is -0.145. The number of carbonyl (C=O) groups is 12. The molecule has 2 saturated heterocycles. The molecule has 26 nitrogen and oxygen atoms in total. The highest BCUT2D eigenvalue weighted by Crippen LogP contribution is 2.44. The van der Waals surface area contributed by atoms with E-state index in [0.29, 0.717) is 32.4 Å². The molecule has 10 amide bonds. The summed E-state index contributed by atoms with van der Waals surface area (Å²) in [5.74, 6) is -8.03. The maximum atomic E-state index is 14.3. The van der Waals surface area contributed by atoms with Gasteiger partial charge in [0.05, 0.1) is 30.5 Å². The molecule has 13 atom stereocenters. The van der Waals surface area contributed by atoms with Crippen LogP contribution in [0, 0.1) is 47.3 Å². The van der Waals surface area contributed by atoms with E-state index in [4.69, 9.17) is 0 Å². The summed E-state index contributed by atoms with van der Waals surface area (Å²) in [5, 5.41) is 22.3. The Labute approximate surface area is 563 Å². The van der Waals surface area contributed by atoms with Crippen molar-refractivity contribution in [3.8, 4) is 0 Å². The number of hydrogen-bond acceptors (Lipinski definition) is 16. The van der Waals surface area contributed by atoms with Gasteiger partial charge in [0.15, 0.2) is 0 Å². The number of nitrogens with one attached hydrogen (secondary N) is 8. The zero-order chi connectivity index (χ0) is 70.1. The smallest absolute Gasteiger partial charge is 0.290 e. The van der Waals surface area contributed by atoms with E-state index in [1.807, 2.05) is 71.9 Å². The fourth-order valence-electron chi connectivity index (χ4n) is 13.8. The molecule has 4 heterocycles. The van der Waals surface area contributed by atoms with Crippen molar-refractivity contribution in [3.63, 3.8) is 0 Å². The predicted molar refractivity (Wildman–Crippen MR) is 355 cm³/mol. The number of benzene rings is 1. The molecule has 3 aliphatic carbocycles. The van der Waals surface area contributed by atoms with Crippen molar-refractivity contribution in [2.75, 3.05) is 13.1 Å². The molecular weight excluding hydrogens is 1230 g/mol. The third-order valence-corrected chi connectivity index (χ3v) is 19.4. The van der Waals surface area contributed by atoms with Crippen LogP contribution in [0.25, 0.3) is 0 Å². The molecular formula is C70H100N14O12. The molecule has 96 heavy (non-hydrogen) atoms. The molecule has 2 aliphatic heterocycles. The molecule has 2 aromatic heterocycles. The van der Waals surface area contributed by atoms with Crippen molar-refractivity contribution in [2.45, 2.75) is 220 Å². The van der Waals surface area contributed by atoms with Gasteiger partial charge < -0.3 is 52.3 Å². The number of rotatable bonds is 29. The lowest BCUT2D eigenvalue weighted by atomic mass is 9.92. The van der Waals surface area contributed by atoms with Gasteiger partial charge in [-0.1, -0.05) is 125 Å². The van der Waals surface area contributed by atoms with E-state index in [1.54, 1.807) is 44.4 Å². The van der Waals surface area contributed by atoms with Crippen LogP contribution < -0.4 is 42.5 Å². The summed E-state index contributed by atoms with van der Waals surface area (Å²) in [4.78, 5) is 181. The second kappa shape index (κ2) is 34.9. The van der Waals surface area contributed by atoms with Gasteiger partial charge >= 0.3 is 0 Å². The van der Waals surface area contributed by atoms with E-state index >= 15 is 0 Å². The van der Waals surface area contributed by atoms with Crippen LogP contribution in [0.15, 0.2) is 67.5 Å². The normalized spacial score (nSPS) is 21.7. The highest BCUT2D eigenvalue weighted by Gasteiger charge is 2.53. The molecule has 5 fully saturated rings. The van der Waals surface area contributed by atoms with Crippen molar-refractivity contribution in [1.29, 1.82) is 0 Å². The summed E-state index contributed by atoms with van der Waals surface area (Å²) in [6.07, 6.45) is 17.7. The van der Waals surface area contributed by atoms with E-state index in [9.17, 15) is 57.5 Å². The van der Waals surface area contributed by atoms with Crippen LogP contribution in [0.5, 0.6) is 0 Å². The van der Waals surface area contributed by atoms with Gasteiger partial charge in [-0.2, -0.15) is 0 Å². The molecule has 26 heteroatoms. The molecule has 8 rings (SSSR count). The van der Waals surface area contributed by atoms with Crippen molar-refractivity contribution >= 4 is 70.6 Å². The van der Waals surface area contributed by atoms with E-state index in [2.05, 4.69) is 62.5 Å². The minimum absolute atomic E-state index is 0.00424. The van der Waals surface area contributed by atoms with Gasteiger partial charge in [-0.05, 0) is 118 Å². The molecule has 3 aromatic rings. The number of likely N-dealkylation sites (tertiary alicyclic amines) is 2. The van der Waals surface area contributed by atoms with Crippen LogP contribution >= 0.6 is 0 Å². The van der Waals surface area contributed by atoms with Gasteiger partial charge in [-0.3, -0.25) is 67.5 Å². The number of amides is 10. The lowest BCUT2D eigenvalue weighted by Crippen LogP contribution is -2.60. The third-order valence-electron chi connectivity index (χ3n) is 19.4. The first-order valence-electron chi connectivity index (χ1n) is 34.5. The standard InChI is InChI=1S/C37H51N7O6.C33H49N7O6/c1-7-12-27(32(45)36(49)40-23(6)24-13-9-8-10-14-24)41-35(48)31-26-16-11-15-25(26)20-44(31)37(50)30(22(4)5)43-34(47)29(21(2)3)42-33(46)28-19-38-17-18-39-28;1-6-9-23(28(41)32(45)36-21-11-8-12-21)37-31(44)27-22-13-7-10-20(22)17-40(27)33(46)26(19(4)5)39-30(43)25(18(2)3)38-29(42)24-16-34-14-15-35-24/h8-10,13-14,17-19,21-23,25-27,29-31H,7,11-12,15-16,20H2,1-6H3,(H,40,49)(H,41,48)(H,42,46)(H,43,47);14-16,18-23,25-27H,6-13,17H2,1-5H3,(H,36,45)(H,37,44)(H,38,42)(H,39,43)/t23-,25+,26+,27?,29-,30?,31?;20-,22-,23?,25+,26?,27?/m10/s1. The van der Waals surface area contributed by atoms with E-state index in [1.165, 1.54) is 37.2 Å². The fraction of sp³-hybridized carbons (Fsp3) is 0.629. The van der Waals surface area contributed by atoms with Gasteiger partial charge in [-0.15, -0.1) is 0 Å². The first-order chi connectivity index (χ1) is 45.8. The first-order valence-corrected chi connectivity index (χ1v) is 34.5. The number of carbonyl (C=O) groups excluding carboxylic acids is 12. The number of fused-ring (bicyclic) bond motifs is 2. The van der Waals surface area contributed by atoms with Crippen molar-refractivity contribution in [1.82, 2.24) is 72.3 Å². The summed E-state index contributed by atoms with van der Waals surface area (Å²) in [6, 6.07) is 1.28. The molecule has 3 saturated carbocycles. The average Bonchev–Trinajstić information content (AvgIpc) is 1.63. The molecule has 1 aromatic carbocycles. The highest BCUT2D eigenvalue weighted by molar-refractivity contribution is 6.39. The maximum absolute atomic E-state index is 14.3. The number of nitrogens with zero attached hydrogens (tertiary/aromatic N) is 6. The largest absolute Gasteiger partial charge is 0.347 e. The van der Waals surface area contributed by atoms with Crippen LogP contribution in [0.1, 0.15) is 192 Å². The van der Waals surface area contributed by atoms with E-state index in [0.717, 1.165) is 63.4 Å². The van der Waals surface area contributed by atoms with Gasteiger partial charge in [0, 0.05) is 43.9 Å². The van der Waals surface area contributed by atoms with Crippen molar-refractivity contribution in [2.24, 2.45) is 47.3 Å². The topological polar surface area (TPSA) is 359 Å². The van der Waals surface area contributed by atoms with Crippen LogP contribution in [0.3, 0.4) is 0 Å². The van der Waals surface area contributed by atoms with Gasteiger partial charge in [0.1, 0.15) is 47.6 Å².